The van der Waals surface area contributed by atoms with Crippen molar-refractivity contribution in [2.45, 2.75) is 37.5 Å². The maximum absolute atomic E-state index is 13.9. The van der Waals surface area contributed by atoms with Crippen LogP contribution in [0.15, 0.2) is 59.1 Å². The number of alkyl halides is 3. The molecule has 2 atom stereocenters. The zero-order valence-electron chi connectivity index (χ0n) is 16.9. The van der Waals surface area contributed by atoms with Crippen LogP contribution >= 0.6 is 15.9 Å². The van der Waals surface area contributed by atoms with Crippen molar-refractivity contribution >= 4 is 33.3 Å². The molecule has 0 saturated carbocycles. The number of aryl methyl sites for hydroxylation is 1. The van der Waals surface area contributed by atoms with Gasteiger partial charge in [0.05, 0.1) is 6.04 Å². The Labute approximate surface area is 191 Å². The molecular formula is C23H20BrF3N4O. The van der Waals surface area contributed by atoms with E-state index in [2.05, 4.69) is 26.3 Å². The van der Waals surface area contributed by atoms with Gasteiger partial charge >= 0.3 is 6.18 Å². The number of hydrogen-bond donors (Lipinski definition) is 1. The molecule has 32 heavy (non-hydrogen) atoms. The number of benzene rings is 2. The molecular weight excluding hydrogens is 485 g/mol. The van der Waals surface area contributed by atoms with Crippen LogP contribution in [0, 0.1) is 0 Å². The second kappa shape index (κ2) is 7.95. The molecule has 2 aliphatic heterocycles. The number of nitrogens with one attached hydrogen (secondary N) is 1. The lowest BCUT2D eigenvalue weighted by atomic mass is 9.97. The lowest BCUT2D eigenvalue weighted by Gasteiger charge is -2.33. The largest absolute Gasteiger partial charge is 0.410 e. The van der Waals surface area contributed by atoms with E-state index in [1.807, 2.05) is 24.3 Å². The molecule has 0 spiro atoms. The zero-order valence-corrected chi connectivity index (χ0v) is 18.5. The van der Waals surface area contributed by atoms with Gasteiger partial charge in [0, 0.05) is 29.2 Å². The number of rotatable bonds is 2. The second-order valence-electron chi connectivity index (χ2n) is 8.09. The Morgan fingerprint density at radius 2 is 1.88 bits per heavy atom. The maximum atomic E-state index is 13.9. The molecule has 0 aliphatic carbocycles. The van der Waals surface area contributed by atoms with Gasteiger partial charge in [-0.05, 0) is 42.2 Å². The molecule has 3 aromatic rings. The Kier molecular flexibility index (Phi) is 5.23. The molecule has 0 saturated heterocycles. The minimum Gasteiger partial charge on any atom is -0.363 e. The van der Waals surface area contributed by atoms with E-state index in [1.54, 1.807) is 29.2 Å². The molecule has 2 aromatic carbocycles. The number of fused-ring (bicyclic) bond motifs is 2. The molecule has 5 nitrogen and oxygen atoms in total. The number of para-hydroxylation sites is 1. The third-order valence-corrected chi connectivity index (χ3v) is 6.57. The molecule has 9 heteroatoms. The van der Waals surface area contributed by atoms with Crippen molar-refractivity contribution in [1.82, 2.24) is 9.78 Å². The Balaban J connectivity index is 1.50. The predicted molar refractivity (Wildman–Crippen MR) is 119 cm³/mol. The highest BCUT2D eigenvalue weighted by Crippen LogP contribution is 2.44. The highest BCUT2D eigenvalue weighted by molar-refractivity contribution is 9.10. The third kappa shape index (κ3) is 3.79. The lowest BCUT2D eigenvalue weighted by Crippen LogP contribution is -2.37. The van der Waals surface area contributed by atoms with Crippen molar-refractivity contribution in [1.29, 1.82) is 0 Å². The van der Waals surface area contributed by atoms with Gasteiger partial charge in [-0.3, -0.25) is 4.79 Å². The number of carbonyl (C=O) groups is 1. The van der Waals surface area contributed by atoms with Crippen LogP contribution in [0.4, 0.5) is 24.7 Å². The highest BCUT2D eigenvalue weighted by Gasteiger charge is 2.47. The van der Waals surface area contributed by atoms with Gasteiger partial charge in [-0.2, -0.15) is 18.3 Å². The normalized spacial score (nSPS) is 20.3. The Morgan fingerprint density at radius 1 is 1.12 bits per heavy atom. The molecule has 3 heterocycles. The van der Waals surface area contributed by atoms with E-state index in [0.29, 0.717) is 6.54 Å². The first-order valence-electron chi connectivity index (χ1n) is 10.4. The Bertz CT molecular complexity index is 1160. The summed E-state index contributed by atoms with van der Waals surface area (Å²) in [4.78, 5) is 14.9. The van der Waals surface area contributed by atoms with Crippen LogP contribution in [0.2, 0.25) is 0 Å². The summed E-state index contributed by atoms with van der Waals surface area (Å²) in [6.07, 6.45) is -3.04. The molecule has 1 N–H and O–H groups in total. The topological polar surface area (TPSA) is 50.2 Å². The van der Waals surface area contributed by atoms with E-state index < -0.39 is 18.3 Å². The fourth-order valence-electron chi connectivity index (χ4n) is 4.47. The standard InChI is InChI=1S/C23H20BrF3N4O/c24-16-9-7-14(8-10-16)17-12-20(23(25,26)27)31-21(28-17)13-18(29-31)22(32)30-11-3-5-15-4-1-2-6-19(15)30/h1-2,4,6-10,13,17,20,28H,3,5,11-12H2/t17-,20+/m0/s1. The highest BCUT2D eigenvalue weighted by atomic mass is 79.9. The first kappa shape index (κ1) is 21.1. The summed E-state index contributed by atoms with van der Waals surface area (Å²) in [6, 6.07) is 13.9. The van der Waals surface area contributed by atoms with Crippen molar-refractivity contribution in [3.05, 3.63) is 75.9 Å². The molecule has 0 fully saturated rings. The molecule has 0 bridgehead atoms. The minimum atomic E-state index is -4.49. The van der Waals surface area contributed by atoms with E-state index >= 15 is 0 Å². The minimum absolute atomic E-state index is 0.00918. The van der Waals surface area contributed by atoms with Crippen molar-refractivity contribution in [3.63, 3.8) is 0 Å². The third-order valence-electron chi connectivity index (χ3n) is 6.04. The van der Waals surface area contributed by atoms with Crippen molar-refractivity contribution in [2.24, 2.45) is 0 Å². The quantitative estimate of drug-likeness (QED) is 0.472. The average molecular weight is 505 g/mol. The number of hydrogen-bond acceptors (Lipinski definition) is 3. The Hall–Kier alpha value is -2.81. The van der Waals surface area contributed by atoms with E-state index in [0.717, 1.165) is 38.8 Å². The van der Waals surface area contributed by atoms with Crippen molar-refractivity contribution in [2.75, 3.05) is 16.8 Å². The summed E-state index contributed by atoms with van der Waals surface area (Å²) in [7, 11) is 0. The fraction of sp³-hybridized carbons (Fsp3) is 0.304. The molecule has 1 amide bonds. The van der Waals surface area contributed by atoms with Gasteiger partial charge in [-0.15, -0.1) is 0 Å². The van der Waals surface area contributed by atoms with Gasteiger partial charge in [0.1, 0.15) is 5.82 Å². The SMILES string of the molecule is O=C(c1cc2n(n1)[C@@H](C(F)(F)F)C[C@@H](c1ccc(Br)cc1)N2)N1CCCc2ccccc21. The molecule has 0 unspecified atom stereocenters. The molecule has 1 aromatic heterocycles. The van der Waals surface area contributed by atoms with E-state index in [-0.39, 0.29) is 23.8 Å². The molecule has 2 aliphatic rings. The summed E-state index contributed by atoms with van der Waals surface area (Å²) >= 11 is 3.35. The summed E-state index contributed by atoms with van der Waals surface area (Å²) in [5.41, 5.74) is 2.60. The summed E-state index contributed by atoms with van der Waals surface area (Å²) in [5.74, 6) is -0.192. The molecule has 166 valence electrons. The molecule has 0 radical (unpaired) electrons. The van der Waals surface area contributed by atoms with Crippen LogP contribution in [-0.4, -0.2) is 28.4 Å². The summed E-state index contributed by atoms with van der Waals surface area (Å²) in [5, 5.41) is 7.27. The van der Waals surface area contributed by atoms with Crippen LogP contribution in [0.5, 0.6) is 0 Å². The zero-order chi connectivity index (χ0) is 22.5. The van der Waals surface area contributed by atoms with Crippen LogP contribution in [0.3, 0.4) is 0 Å². The summed E-state index contributed by atoms with van der Waals surface area (Å²) in [6.45, 7) is 0.510. The average Bonchev–Trinajstić information content (AvgIpc) is 3.21. The van der Waals surface area contributed by atoms with Gasteiger partial charge in [-0.1, -0.05) is 46.3 Å². The van der Waals surface area contributed by atoms with Crippen LogP contribution in [0.25, 0.3) is 0 Å². The lowest BCUT2D eigenvalue weighted by molar-refractivity contribution is -0.173. The van der Waals surface area contributed by atoms with Crippen molar-refractivity contribution in [3.8, 4) is 0 Å². The monoisotopic (exact) mass is 504 g/mol. The van der Waals surface area contributed by atoms with Crippen LogP contribution < -0.4 is 10.2 Å². The number of carbonyl (C=O) groups excluding carboxylic acids is 1. The number of amides is 1. The first-order chi connectivity index (χ1) is 15.3. The smallest absolute Gasteiger partial charge is 0.363 e. The van der Waals surface area contributed by atoms with Gasteiger partial charge in [-0.25, -0.2) is 4.68 Å². The van der Waals surface area contributed by atoms with Gasteiger partial charge in [0.2, 0.25) is 0 Å². The number of halogens is 4. The second-order valence-corrected chi connectivity index (χ2v) is 9.01. The fourth-order valence-corrected chi connectivity index (χ4v) is 4.74. The number of anilines is 2. The summed E-state index contributed by atoms with van der Waals surface area (Å²) < 4.78 is 43.6. The number of aromatic nitrogens is 2. The van der Waals surface area contributed by atoms with Gasteiger partial charge in [0.15, 0.2) is 11.7 Å². The van der Waals surface area contributed by atoms with Crippen molar-refractivity contribution < 1.29 is 18.0 Å². The van der Waals surface area contributed by atoms with E-state index in [1.165, 1.54) is 6.07 Å². The van der Waals surface area contributed by atoms with E-state index in [4.69, 9.17) is 0 Å². The predicted octanol–water partition coefficient (Wildman–Crippen LogP) is 5.90. The first-order valence-corrected chi connectivity index (χ1v) is 11.2. The van der Waals surface area contributed by atoms with Gasteiger partial charge < -0.3 is 10.2 Å². The molecule has 5 rings (SSSR count). The number of nitrogens with zero attached hydrogens (tertiary/aromatic N) is 3. The maximum Gasteiger partial charge on any atom is 0.410 e. The van der Waals surface area contributed by atoms with Crippen LogP contribution in [0.1, 0.15) is 46.5 Å². The van der Waals surface area contributed by atoms with E-state index in [9.17, 15) is 18.0 Å². The van der Waals surface area contributed by atoms with Gasteiger partial charge in [0.25, 0.3) is 5.91 Å². The van der Waals surface area contributed by atoms with Crippen LogP contribution in [-0.2, 0) is 6.42 Å². The Morgan fingerprint density at radius 3 is 2.62 bits per heavy atom.